The topological polar surface area (TPSA) is 35.0 Å². The lowest BCUT2D eigenvalue weighted by atomic mass is 10.2. The minimum absolute atomic E-state index is 0.214. The molecule has 2 aromatic rings. The normalized spacial score (nSPS) is 10.0. The molecular weight excluding hydrogens is 212 g/mol. The van der Waals surface area contributed by atoms with Crippen molar-refractivity contribution in [2.75, 3.05) is 0 Å². The third-order valence-electron chi connectivity index (χ3n) is 1.85. The summed E-state index contributed by atoms with van der Waals surface area (Å²) in [6.07, 6.45) is 3.07. The fourth-order valence-electron chi connectivity index (χ4n) is 1.10. The molecule has 1 aromatic heterocycles. The van der Waals surface area contributed by atoms with E-state index in [1.54, 1.807) is 0 Å². The number of hydrogen-bond donors (Lipinski definition) is 0. The molecule has 2 rings (SSSR count). The van der Waals surface area contributed by atoms with Crippen LogP contribution in [-0.4, -0.2) is 9.97 Å². The molecule has 0 N–H and O–H groups in total. The van der Waals surface area contributed by atoms with Crippen LogP contribution < -0.4 is 4.74 Å². The number of hydrogen-bond acceptors (Lipinski definition) is 3. The summed E-state index contributed by atoms with van der Waals surface area (Å²) < 4.78 is 5.50. The molecule has 1 heterocycles. The van der Waals surface area contributed by atoms with E-state index in [4.69, 9.17) is 16.3 Å². The summed E-state index contributed by atoms with van der Waals surface area (Å²) in [7, 11) is 0. The van der Waals surface area contributed by atoms with Crippen LogP contribution in [0.25, 0.3) is 0 Å². The van der Waals surface area contributed by atoms with Gasteiger partial charge in [0.15, 0.2) is 5.75 Å². The van der Waals surface area contributed by atoms with Crippen LogP contribution in [0.5, 0.6) is 11.5 Å². The molecule has 1 aromatic carbocycles. The first-order valence-electron chi connectivity index (χ1n) is 4.46. The minimum Gasteiger partial charge on any atom is -0.454 e. The van der Waals surface area contributed by atoms with Gasteiger partial charge in [0.25, 0.3) is 0 Å². The monoisotopic (exact) mass is 220 g/mol. The van der Waals surface area contributed by atoms with Crippen LogP contribution in [0.1, 0.15) is 5.56 Å². The van der Waals surface area contributed by atoms with Gasteiger partial charge in [-0.25, -0.2) is 9.97 Å². The van der Waals surface area contributed by atoms with E-state index in [-0.39, 0.29) is 5.28 Å². The summed E-state index contributed by atoms with van der Waals surface area (Å²) in [5, 5.41) is 0.214. The van der Waals surface area contributed by atoms with Crippen LogP contribution in [0, 0.1) is 6.92 Å². The maximum Gasteiger partial charge on any atom is 0.222 e. The largest absolute Gasteiger partial charge is 0.454 e. The number of aromatic nitrogens is 2. The van der Waals surface area contributed by atoms with Crippen molar-refractivity contribution in [1.29, 1.82) is 0 Å². The van der Waals surface area contributed by atoms with E-state index < -0.39 is 0 Å². The lowest BCUT2D eigenvalue weighted by Crippen LogP contribution is -1.87. The van der Waals surface area contributed by atoms with Crippen LogP contribution in [0.4, 0.5) is 0 Å². The van der Waals surface area contributed by atoms with Gasteiger partial charge < -0.3 is 4.74 Å². The zero-order chi connectivity index (χ0) is 10.7. The molecule has 0 atom stereocenters. The van der Waals surface area contributed by atoms with Gasteiger partial charge >= 0.3 is 0 Å². The zero-order valence-corrected chi connectivity index (χ0v) is 8.90. The van der Waals surface area contributed by atoms with Gasteiger partial charge in [0.1, 0.15) is 5.75 Å². The molecule has 0 spiro atoms. The number of aryl methyl sites for hydroxylation is 1. The molecule has 0 aliphatic heterocycles. The van der Waals surface area contributed by atoms with Crippen LogP contribution in [0.3, 0.4) is 0 Å². The Balaban J connectivity index is 2.15. The first-order valence-corrected chi connectivity index (χ1v) is 4.84. The number of halogens is 1. The van der Waals surface area contributed by atoms with Crippen molar-refractivity contribution in [1.82, 2.24) is 9.97 Å². The van der Waals surface area contributed by atoms with E-state index in [2.05, 4.69) is 9.97 Å². The van der Waals surface area contributed by atoms with Crippen molar-refractivity contribution in [2.45, 2.75) is 6.92 Å². The Morgan fingerprint density at radius 1 is 1.00 bits per heavy atom. The molecule has 15 heavy (non-hydrogen) atoms. The fraction of sp³-hybridized carbons (Fsp3) is 0.0909. The van der Waals surface area contributed by atoms with Crippen LogP contribution in [-0.2, 0) is 0 Å². The van der Waals surface area contributed by atoms with Gasteiger partial charge in [0.2, 0.25) is 5.28 Å². The predicted octanol–water partition coefficient (Wildman–Crippen LogP) is 3.23. The van der Waals surface area contributed by atoms with E-state index >= 15 is 0 Å². The van der Waals surface area contributed by atoms with Gasteiger partial charge in [-0.2, -0.15) is 0 Å². The summed E-state index contributed by atoms with van der Waals surface area (Å²) in [5.41, 5.74) is 1.19. The highest BCUT2D eigenvalue weighted by Crippen LogP contribution is 2.20. The average Bonchev–Trinajstić information content (AvgIpc) is 2.25. The van der Waals surface area contributed by atoms with Crippen molar-refractivity contribution in [3.63, 3.8) is 0 Å². The Morgan fingerprint density at radius 2 is 1.60 bits per heavy atom. The van der Waals surface area contributed by atoms with Gasteiger partial charge in [-0.15, -0.1) is 0 Å². The molecule has 0 saturated carbocycles. The van der Waals surface area contributed by atoms with E-state index in [1.807, 2.05) is 31.2 Å². The Labute approximate surface area is 92.7 Å². The summed E-state index contributed by atoms with van der Waals surface area (Å²) >= 11 is 5.56. The van der Waals surface area contributed by atoms with E-state index in [0.29, 0.717) is 5.75 Å². The molecule has 0 unspecified atom stereocenters. The molecule has 3 nitrogen and oxygen atoms in total. The highest BCUT2D eigenvalue weighted by Gasteiger charge is 1.98. The fourth-order valence-corrected chi connectivity index (χ4v) is 1.19. The molecule has 0 aliphatic carbocycles. The van der Waals surface area contributed by atoms with Crippen molar-refractivity contribution in [3.05, 3.63) is 47.5 Å². The summed E-state index contributed by atoms with van der Waals surface area (Å²) in [4.78, 5) is 7.64. The molecule has 0 fully saturated rings. The molecule has 76 valence electrons. The Bertz CT molecular complexity index is 396. The Morgan fingerprint density at radius 3 is 2.20 bits per heavy atom. The number of benzene rings is 1. The van der Waals surface area contributed by atoms with Crippen LogP contribution >= 0.6 is 11.6 Å². The second-order valence-electron chi connectivity index (χ2n) is 3.10. The summed E-state index contributed by atoms with van der Waals surface area (Å²) in [5.74, 6) is 1.33. The van der Waals surface area contributed by atoms with E-state index in [1.165, 1.54) is 18.0 Å². The molecule has 0 aliphatic rings. The maximum atomic E-state index is 5.56. The highest BCUT2D eigenvalue weighted by atomic mass is 35.5. The van der Waals surface area contributed by atoms with Gasteiger partial charge in [0.05, 0.1) is 12.4 Å². The molecule has 4 heteroatoms. The second-order valence-corrected chi connectivity index (χ2v) is 3.44. The standard InChI is InChI=1S/C11H9ClN2O/c1-8-2-4-9(5-3-8)15-10-6-13-11(12)14-7-10/h2-7H,1H3. The molecular formula is C11H9ClN2O. The SMILES string of the molecule is Cc1ccc(Oc2cnc(Cl)nc2)cc1. The minimum atomic E-state index is 0.214. The Hall–Kier alpha value is -1.61. The molecule has 0 bridgehead atoms. The zero-order valence-electron chi connectivity index (χ0n) is 8.14. The highest BCUT2D eigenvalue weighted by molar-refractivity contribution is 6.28. The smallest absolute Gasteiger partial charge is 0.222 e. The van der Waals surface area contributed by atoms with Gasteiger partial charge in [0, 0.05) is 0 Å². The van der Waals surface area contributed by atoms with Crippen molar-refractivity contribution < 1.29 is 4.74 Å². The van der Waals surface area contributed by atoms with Crippen molar-refractivity contribution in [3.8, 4) is 11.5 Å². The van der Waals surface area contributed by atoms with Gasteiger partial charge in [-0.1, -0.05) is 17.7 Å². The van der Waals surface area contributed by atoms with Gasteiger partial charge in [-0.3, -0.25) is 0 Å². The van der Waals surface area contributed by atoms with E-state index in [0.717, 1.165) is 5.75 Å². The summed E-state index contributed by atoms with van der Waals surface area (Å²) in [6, 6.07) is 7.74. The van der Waals surface area contributed by atoms with Crippen LogP contribution in [0.2, 0.25) is 5.28 Å². The second kappa shape index (κ2) is 4.28. The summed E-state index contributed by atoms with van der Waals surface area (Å²) in [6.45, 7) is 2.02. The first-order chi connectivity index (χ1) is 7.24. The third-order valence-corrected chi connectivity index (χ3v) is 2.05. The maximum absolute atomic E-state index is 5.56. The van der Waals surface area contributed by atoms with Gasteiger partial charge in [-0.05, 0) is 30.7 Å². The van der Waals surface area contributed by atoms with Crippen LogP contribution in [0.15, 0.2) is 36.7 Å². The lowest BCUT2D eigenvalue weighted by molar-refractivity contribution is 0.477. The molecule has 0 amide bonds. The Kier molecular flexibility index (Phi) is 2.83. The van der Waals surface area contributed by atoms with Crippen molar-refractivity contribution in [2.24, 2.45) is 0 Å². The lowest BCUT2D eigenvalue weighted by Gasteiger charge is -2.04. The van der Waals surface area contributed by atoms with Crippen molar-refractivity contribution >= 4 is 11.6 Å². The quantitative estimate of drug-likeness (QED) is 0.729. The predicted molar refractivity (Wildman–Crippen MR) is 58.3 cm³/mol. The molecule has 0 radical (unpaired) electrons. The van der Waals surface area contributed by atoms with E-state index in [9.17, 15) is 0 Å². The third kappa shape index (κ3) is 2.67. The molecule has 0 saturated heterocycles. The first kappa shape index (κ1) is 9.93. The number of rotatable bonds is 2. The number of nitrogens with zero attached hydrogens (tertiary/aromatic N) is 2. The number of ether oxygens (including phenoxy) is 1. The average molecular weight is 221 g/mol.